The van der Waals surface area contributed by atoms with Gasteiger partial charge in [-0.1, -0.05) is 26.3 Å². The van der Waals surface area contributed by atoms with E-state index in [4.69, 9.17) is 18.9 Å². The van der Waals surface area contributed by atoms with E-state index in [1.54, 1.807) is 0 Å². The molecule has 0 aromatic carbocycles. The molecule has 1 atom stereocenters. The number of ether oxygens (including phenoxy) is 4. The average Bonchev–Trinajstić information content (AvgIpc) is 2.78. The van der Waals surface area contributed by atoms with Gasteiger partial charge in [0.25, 0.3) is 5.60 Å². The average molecular weight is 500 g/mol. The summed E-state index contributed by atoms with van der Waals surface area (Å²) in [6.45, 7) is 12.7. The maximum Gasteiger partial charge on any atom is 0.470 e. The van der Waals surface area contributed by atoms with Crippen molar-refractivity contribution < 1.29 is 58.6 Å². The first-order valence-corrected chi connectivity index (χ1v) is 10.0. The number of aliphatic hydroxyl groups is 4. The molecule has 0 aromatic heterocycles. The predicted octanol–water partition coefficient (Wildman–Crippen LogP) is -0.188. The third-order valence-corrected chi connectivity index (χ3v) is 4.82. The fourth-order valence-electron chi connectivity index (χ4n) is 2.51. The van der Waals surface area contributed by atoms with Crippen LogP contribution in [-0.2, 0) is 38.1 Å². The number of esters is 4. The van der Waals surface area contributed by atoms with E-state index in [2.05, 4.69) is 26.3 Å². The highest BCUT2D eigenvalue weighted by Gasteiger charge is 2.75. The molecule has 0 aliphatic rings. The Kier molecular flexibility index (Phi) is 11.2. The van der Waals surface area contributed by atoms with Crippen molar-refractivity contribution in [3.63, 3.8) is 0 Å². The molecule has 35 heavy (non-hydrogen) atoms. The van der Waals surface area contributed by atoms with Crippen molar-refractivity contribution in [3.05, 3.63) is 48.6 Å². The van der Waals surface area contributed by atoms with E-state index in [1.165, 1.54) is 6.92 Å². The largest absolute Gasteiger partial charge is 0.470 e. The molecular weight excluding hydrogens is 468 g/mol. The zero-order valence-electron chi connectivity index (χ0n) is 20.2. The molecule has 4 N–H and O–H groups in total. The normalized spacial score (nSPS) is 13.0. The molecule has 196 valence electrons. The Morgan fingerprint density at radius 1 is 0.543 bits per heavy atom. The van der Waals surface area contributed by atoms with Gasteiger partial charge in [-0.05, 0) is 27.7 Å². The fraction of sp³-hybridized carbons (Fsp3) is 0.478. The Balaban J connectivity index is 7.90. The second kappa shape index (κ2) is 12.4. The van der Waals surface area contributed by atoms with Crippen LogP contribution in [0.5, 0.6) is 0 Å². The molecule has 0 saturated heterocycles. The van der Waals surface area contributed by atoms with Gasteiger partial charge in [0.15, 0.2) is 0 Å². The van der Waals surface area contributed by atoms with Crippen molar-refractivity contribution in [2.24, 2.45) is 5.41 Å². The van der Waals surface area contributed by atoms with Crippen LogP contribution in [-0.4, -0.2) is 82.3 Å². The van der Waals surface area contributed by atoms with Crippen LogP contribution in [0.4, 0.5) is 0 Å². The van der Waals surface area contributed by atoms with E-state index in [1.807, 2.05) is 0 Å². The van der Waals surface area contributed by atoms with Crippen molar-refractivity contribution >= 4 is 23.9 Å². The highest BCUT2D eigenvalue weighted by molar-refractivity contribution is 5.91. The lowest BCUT2D eigenvalue weighted by atomic mass is 9.71. The lowest BCUT2D eigenvalue weighted by molar-refractivity contribution is -0.421. The van der Waals surface area contributed by atoms with Gasteiger partial charge in [-0.2, -0.15) is 0 Å². The van der Waals surface area contributed by atoms with Crippen LogP contribution in [0.1, 0.15) is 27.7 Å². The number of rotatable bonds is 14. The second-order valence-corrected chi connectivity index (χ2v) is 7.98. The zero-order valence-corrected chi connectivity index (χ0v) is 20.2. The molecule has 0 amide bonds. The minimum atomic E-state index is -3.57. The third-order valence-electron chi connectivity index (χ3n) is 4.82. The summed E-state index contributed by atoms with van der Waals surface area (Å²) in [5.41, 5.74) is -7.10. The molecule has 0 saturated carbocycles. The smallest absolute Gasteiger partial charge is 0.439 e. The maximum absolute atomic E-state index is 12.7. The summed E-state index contributed by atoms with van der Waals surface area (Å²) in [5, 5.41) is 41.1. The Labute approximate surface area is 202 Å². The van der Waals surface area contributed by atoms with Gasteiger partial charge in [-0.3, -0.25) is 0 Å². The number of hydrogen-bond acceptors (Lipinski definition) is 12. The summed E-state index contributed by atoms with van der Waals surface area (Å²) in [7, 11) is 0. The summed E-state index contributed by atoms with van der Waals surface area (Å²) in [5.74, 6) is -9.07. The molecule has 0 fully saturated rings. The van der Waals surface area contributed by atoms with Crippen molar-refractivity contribution in [2.75, 3.05) is 26.4 Å². The number of hydrogen-bond donors (Lipinski definition) is 4. The summed E-state index contributed by atoms with van der Waals surface area (Å²) < 4.78 is 20.9. The number of carbonyl (C=O) groups is 4. The second-order valence-electron chi connectivity index (χ2n) is 7.98. The van der Waals surface area contributed by atoms with Crippen LogP contribution >= 0.6 is 0 Å². The van der Waals surface area contributed by atoms with Crippen molar-refractivity contribution in [3.8, 4) is 0 Å². The Hall–Kier alpha value is -3.32. The Bertz CT molecular complexity index is 834. The fourth-order valence-corrected chi connectivity index (χ4v) is 2.51. The van der Waals surface area contributed by atoms with Gasteiger partial charge in [-0.25, -0.2) is 19.2 Å². The topological polar surface area (TPSA) is 186 Å². The SMILES string of the molecule is C=C(C)C(=O)OC(OC(=O)C(=C)C)(OC(=O)C(=C)C)C(CO)(OC(=O)C(=C)C)C(CO)(CO)CO. The first-order chi connectivity index (χ1) is 16.1. The monoisotopic (exact) mass is 500 g/mol. The van der Waals surface area contributed by atoms with E-state index in [-0.39, 0.29) is 22.3 Å². The summed E-state index contributed by atoms with van der Waals surface area (Å²) in [6, 6.07) is 0. The lowest BCUT2D eigenvalue weighted by Gasteiger charge is -2.51. The van der Waals surface area contributed by atoms with Crippen LogP contribution in [0.2, 0.25) is 0 Å². The van der Waals surface area contributed by atoms with Crippen LogP contribution in [0.15, 0.2) is 48.6 Å². The van der Waals surface area contributed by atoms with Gasteiger partial charge >= 0.3 is 29.9 Å². The summed E-state index contributed by atoms with van der Waals surface area (Å²) >= 11 is 0. The molecule has 12 heteroatoms. The van der Waals surface area contributed by atoms with E-state index in [9.17, 15) is 39.6 Å². The van der Waals surface area contributed by atoms with E-state index < -0.39 is 67.3 Å². The number of carbonyl (C=O) groups excluding carboxylic acids is 4. The molecule has 0 radical (unpaired) electrons. The molecule has 0 bridgehead atoms. The first kappa shape index (κ1) is 31.7. The van der Waals surface area contributed by atoms with Crippen LogP contribution in [0.25, 0.3) is 0 Å². The van der Waals surface area contributed by atoms with Crippen LogP contribution in [0.3, 0.4) is 0 Å². The molecule has 0 heterocycles. The predicted molar refractivity (Wildman–Crippen MR) is 120 cm³/mol. The first-order valence-electron chi connectivity index (χ1n) is 10.0. The van der Waals surface area contributed by atoms with Crippen molar-refractivity contribution in [2.45, 2.75) is 39.3 Å². The lowest BCUT2D eigenvalue weighted by Crippen LogP contribution is -2.75. The summed E-state index contributed by atoms with van der Waals surface area (Å²) in [4.78, 5) is 50.6. The third kappa shape index (κ3) is 6.42. The van der Waals surface area contributed by atoms with Gasteiger partial charge < -0.3 is 39.4 Å². The molecular formula is C23H32O12. The Morgan fingerprint density at radius 2 is 0.800 bits per heavy atom. The van der Waals surface area contributed by atoms with Crippen molar-refractivity contribution in [1.29, 1.82) is 0 Å². The highest BCUT2D eigenvalue weighted by Crippen LogP contribution is 2.47. The minimum absolute atomic E-state index is 0.317. The van der Waals surface area contributed by atoms with E-state index in [0.717, 1.165) is 20.8 Å². The van der Waals surface area contributed by atoms with Crippen molar-refractivity contribution in [1.82, 2.24) is 0 Å². The van der Waals surface area contributed by atoms with Gasteiger partial charge in [0, 0.05) is 22.3 Å². The molecule has 12 nitrogen and oxygen atoms in total. The zero-order chi connectivity index (χ0) is 27.8. The maximum atomic E-state index is 12.7. The minimum Gasteiger partial charge on any atom is -0.439 e. The van der Waals surface area contributed by atoms with Gasteiger partial charge in [0.05, 0.1) is 31.8 Å². The standard InChI is InChI=1S/C23H32O12/c1-13(2)17(28)32-22(12-27,21(9-24,10-25)11-26)23(33-18(29)14(3)4,34-19(30)15(5)6)35-20(31)16(7)8/h24-27H,1,3,5,7,9-12H2,2,4,6,8H3. The molecule has 1 unspecified atom stereocenters. The summed E-state index contributed by atoms with van der Waals surface area (Å²) in [6.07, 6.45) is 0. The van der Waals surface area contributed by atoms with Gasteiger partial charge in [0.1, 0.15) is 0 Å². The Morgan fingerprint density at radius 3 is 1.00 bits per heavy atom. The van der Waals surface area contributed by atoms with Gasteiger partial charge in [-0.15, -0.1) is 0 Å². The highest BCUT2D eigenvalue weighted by atomic mass is 16.9. The molecule has 0 aromatic rings. The molecule has 0 rings (SSSR count). The van der Waals surface area contributed by atoms with Crippen LogP contribution < -0.4 is 0 Å². The molecule has 0 aliphatic carbocycles. The quantitative estimate of drug-likeness (QED) is 0.140. The molecule has 0 spiro atoms. The van der Waals surface area contributed by atoms with Crippen LogP contribution in [0, 0.1) is 5.41 Å². The number of aliphatic hydroxyl groups excluding tert-OH is 4. The van der Waals surface area contributed by atoms with Gasteiger partial charge in [0.2, 0.25) is 0 Å². The van der Waals surface area contributed by atoms with E-state index >= 15 is 0 Å². The molecule has 0 aliphatic heterocycles. The van der Waals surface area contributed by atoms with E-state index in [0.29, 0.717) is 0 Å².